The number of rotatable bonds is 0. The lowest BCUT2D eigenvalue weighted by molar-refractivity contribution is -0.126. The van der Waals surface area contributed by atoms with E-state index in [1.807, 2.05) is 12.5 Å². The Morgan fingerprint density at radius 2 is 2.33 bits per heavy atom. The highest BCUT2D eigenvalue weighted by molar-refractivity contribution is 8.02. The van der Waals surface area contributed by atoms with Gasteiger partial charge < -0.3 is 9.80 Å². The average Bonchev–Trinajstić information content (AvgIpc) is 2.46. The molecule has 0 bridgehead atoms. The zero-order chi connectivity index (χ0) is 8.55. The van der Waals surface area contributed by atoms with Crippen molar-refractivity contribution in [3.63, 3.8) is 0 Å². The molecule has 0 aromatic heterocycles. The standard InChI is InChI=1S/C8H12N2OS/c1-9-3-2-4-10-6-12-5-7(10)8(9)11/h5H,2-4,6H2,1H3. The minimum Gasteiger partial charge on any atom is -0.357 e. The topological polar surface area (TPSA) is 23.6 Å². The first kappa shape index (κ1) is 7.98. The van der Waals surface area contributed by atoms with E-state index in [2.05, 4.69) is 4.90 Å². The largest absolute Gasteiger partial charge is 0.357 e. The smallest absolute Gasteiger partial charge is 0.270 e. The Balaban J connectivity index is 2.23. The van der Waals surface area contributed by atoms with E-state index in [4.69, 9.17) is 0 Å². The van der Waals surface area contributed by atoms with Crippen LogP contribution in [0.25, 0.3) is 0 Å². The van der Waals surface area contributed by atoms with Gasteiger partial charge in [-0.3, -0.25) is 4.79 Å². The lowest BCUT2D eigenvalue weighted by Gasteiger charge is -2.17. The molecule has 1 saturated heterocycles. The fraction of sp³-hybridized carbons (Fsp3) is 0.625. The summed E-state index contributed by atoms with van der Waals surface area (Å²) in [5.74, 6) is 1.13. The Morgan fingerprint density at radius 1 is 1.50 bits per heavy atom. The lowest BCUT2D eigenvalue weighted by Crippen LogP contribution is -2.30. The molecule has 0 saturated carbocycles. The van der Waals surface area contributed by atoms with E-state index in [0.29, 0.717) is 0 Å². The Morgan fingerprint density at radius 3 is 3.17 bits per heavy atom. The summed E-state index contributed by atoms with van der Waals surface area (Å²) in [5, 5.41) is 1.98. The van der Waals surface area contributed by atoms with E-state index in [9.17, 15) is 4.79 Å². The molecule has 2 rings (SSSR count). The number of fused-ring (bicyclic) bond motifs is 1. The number of thioether (sulfide) groups is 1. The quantitative estimate of drug-likeness (QED) is 0.553. The van der Waals surface area contributed by atoms with E-state index < -0.39 is 0 Å². The molecule has 12 heavy (non-hydrogen) atoms. The molecule has 0 aliphatic carbocycles. The summed E-state index contributed by atoms with van der Waals surface area (Å²) in [4.78, 5) is 15.6. The molecule has 4 heteroatoms. The maximum Gasteiger partial charge on any atom is 0.270 e. The van der Waals surface area contributed by atoms with Gasteiger partial charge in [-0.15, -0.1) is 11.8 Å². The molecule has 2 heterocycles. The van der Waals surface area contributed by atoms with Gasteiger partial charge in [0.25, 0.3) is 5.91 Å². The number of hydrogen-bond donors (Lipinski definition) is 0. The van der Waals surface area contributed by atoms with Crippen molar-refractivity contribution in [3.8, 4) is 0 Å². The van der Waals surface area contributed by atoms with Crippen molar-refractivity contribution in [2.24, 2.45) is 0 Å². The van der Waals surface area contributed by atoms with Crippen LogP contribution < -0.4 is 0 Å². The zero-order valence-electron chi connectivity index (χ0n) is 7.12. The summed E-state index contributed by atoms with van der Waals surface area (Å²) >= 11 is 1.71. The second-order valence-electron chi connectivity index (χ2n) is 3.14. The molecule has 0 N–H and O–H groups in total. The van der Waals surface area contributed by atoms with Crippen molar-refractivity contribution in [1.29, 1.82) is 0 Å². The van der Waals surface area contributed by atoms with Crippen LogP contribution in [0.2, 0.25) is 0 Å². The molecule has 2 aliphatic rings. The predicted octanol–water partition coefficient (Wildman–Crippen LogP) is 0.696. The second kappa shape index (κ2) is 3.01. The summed E-state index contributed by atoms with van der Waals surface area (Å²) in [6.07, 6.45) is 1.08. The van der Waals surface area contributed by atoms with Gasteiger partial charge in [0.05, 0.1) is 5.88 Å². The first-order valence-corrected chi connectivity index (χ1v) is 5.16. The number of nitrogens with zero attached hydrogens (tertiary/aromatic N) is 2. The zero-order valence-corrected chi connectivity index (χ0v) is 7.93. The Kier molecular flexibility index (Phi) is 2.00. The van der Waals surface area contributed by atoms with Crippen molar-refractivity contribution in [3.05, 3.63) is 11.1 Å². The average molecular weight is 184 g/mol. The van der Waals surface area contributed by atoms with E-state index in [0.717, 1.165) is 31.1 Å². The summed E-state index contributed by atoms with van der Waals surface area (Å²) in [5.41, 5.74) is 0.889. The van der Waals surface area contributed by atoms with E-state index in [1.54, 1.807) is 16.7 Å². The normalized spacial score (nSPS) is 23.8. The summed E-state index contributed by atoms with van der Waals surface area (Å²) in [6.45, 7) is 1.91. The number of likely N-dealkylation sites (N-methyl/N-ethyl adjacent to an activating group) is 1. The van der Waals surface area contributed by atoms with Crippen molar-refractivity contribution in [2.45, 2.75) is 6.42 Å². The van der Waals surface area contributed by atoms with Crippen molar-refractivity contribution in [1.82, 2.24) is 9.80 Å². The van der Waals surface area contributed by atoms with Gasteiger partial charge in [0, 0.05) is 25.5 Å². The number of carbonyl (C=O) groups is 1. The highest BCUT2D eigenvalue weighted by Gasteiger charge is 2.26. The Hall–Kier alpha value is -0.640. The van der Waals surface area contributed by atoms with Gasteiger partial charge in [0.2, 0.25) is 0 Å². The van der Waals surface area contributed by atoms with E-state index >= 15 is 0 Å². The molecule has 0 spiro atoms. The molecular weight excluding hydrogens is 172 g/mol. The van der Waals surface area contributed by atoms with Crippen LogP contribution in [0.4, 0.5) is 0 Å². The first-order valence-electron chi connectivity index (χ1n) is 4.11. The van der Waals surface area contributed by atoms with Crippen LogP contribution >= 0.6 is 11.8 Å². The minimum atomic E-state index is 0.178. The van der Waals surface area contributed by atoms with E-state index in [-0.39, 0.29) is 5.91 Å². The van der Waals surface area contributed by atoms with Crippen LogP contribution in [-0.2, 0) is 4.79 Å². The van der Waals surface area contributed by atoms with Crippen LogP contribution in [0, 0.1) is 0 Å². The van der Waals surface area contributed by atoms with Crippen LogP contribution in [0.3, 0.4) is 0 Å². The van der Waals surface area contributed by atoms with Crippen molar-refractivity contribution >= 4 is 17.7 Å². The fourth-order valence-corrected chi connectivity index (χ4v) is 2.45. The number of carbonyl (C=O) groups excluding carboxylic acids is 1. The molecule has 0 atom stereocenters. The molecule has 0 unspecified atom stereocenters. The number of hydrogen-bond acceptors (Lipinski definition) is 3. The van der Waals surface area contributed by atoms with Gasteiger partial charge >= 0.3 is 0 Å². The lowest BCUT2D eigenvalue weighted by atomic mass is 10.4. The third-order valence-electron chi connectivity index (χ3n) is 2.25. The Labute approximate surface area is 76.4 Å². The summed E-state index contributed by atoms with van der Waals surface area (Å²) < 4.78 is 0. The molecule has 0 radical (unpaired) electrons. The van der Waals surface area contributed by atoms with Crippen LogP contribution in [0.15, 0.2) is 11.1 Å². The first-order chi connectivity index (χ1) is 5.79. The maximum absolute atomic E-state index is 11.6. The fourth-order valence-electron chi connectivity index (χ4n) is 1.52. The van der Waals surface area contributed by atoms with E-state index in [1.165, 1.54) is 0 Å². The molecular formula is C8H12N2OS. The predicted molar refractivity (Wildman–Crippen MR) is 49.5 cm³/mol. The molecule has 0 aromatic rings. The van der Waals surface area contributed by atoms with Crippen molar-refractivity contribution in [2.75, 3.05) is 26.0 Å². The molecule has 2 aliphatic heterocycles. The number of amides is 1. The van der Waals surface area contributed by atoms with Gasteiger partial charge in [-0.1, -0.05) is 0 Å². The molecule has 1 amide bonds. The van der Waals surface area contributed by atoms with Gasteiger partial charge in [-0.25, -0.2) is 0 Å². The van der Waals surface area contributed by atoms with Gasteiger partial charge in [-0.2, -0.15) is 0 Å². The highest BCUT2D eigenvalue weighted by atomic mass is 32.2. The monoisotopic (exact) mass is 184 g/mol. The summed E-state index contributed by atoms with van der Waals surface area (Å²) in [6, 6.07) is 0. The van der Waals surface area contributed by atoms with Crippen LogP contribution in [0.5, 0.6) is 0 Å². The molecule has 3 nitrogen and oxygen atoms in total. The maximum atomic E-state index is 11.6. The van der Waals surface area contributed by atoms with Crippen LogP contribution in [0.1, 0.15) is 6.42 Å². The molecule has 0 aromatic carbocycles. The van der Waals surface area contributed by atoms with Gasteiger partial charge in [-0.05, 0) is 6.42 Å². The Bertz CT molecular complexity index is 239. The minimum absolute atomic E-state index is 0.178. The third-order valence-corrected chi connectivity index (χ3v) is 3.10. The third kappa shape index (κ3) is 1.20. The SMILES string of the molecule is CN1CCCN2CSC=C2C1=O. The summed E-state index contributed by atoms with van der Waals surface area (Å²) in [7, 11) is 1.87. The highest BCUT2D eigenvalue weighted by Crippen LogP contribution is 2.26. The van der Waals surface area contributed by atoms with Gasteiger partial charge in [0.15, 0.2) is 0 Å². The second-order valence-corrected chi connectivity index (χ2v) is 3.97. The van der Waals surface area contributed by atoms with Crippen molar-refractivity contribution < 1.29 is 4.79 Å². The van der Waals surface area contributed by atoms with Crippen LogP contribution in [-0.4, -0.2) is 41.7 Å². The van der Waals surface area contributed by atoms with Gasteiger partial charge in [0.1, 0.15) is 5.70 Å². The molecule has 1 fully saturated rings. The molecule has 66 valence electrons.